The molecule has 5 rings (SSSR count). The lowest BCUT2D eigenvalue weighted by Crippen LogP contribution is -2.42. The second kappa shape index (κ2) is 15.6. The van der Waals surface area contributed by atoms with Crippen LogP contribution in [0.5, 0.6) is 0 Å². The van der Waals surface area contributed by atoms with Crippen LogP contribution in [0.2, 0.25) is 5.02 Å². The number of carboxylic acids is 1. The highest BCUT2D eigenvalue weighted by Gasteiger charge is 2.26. The quantitative estimate of drug-likeness (QED) is 0.159. The second-order valence-electron chi connectivity index (χ2n) is 13.0. The molecule has 0 aromatic heterocycles. The van der Waals surface area contributed by atoms with Gasteiger partial charge in [0.25, 0.3) is 5.91 Å². The second-order valence-corrected chi connectivity index (χ2v) is 13.5. The van der Waals surface area contributed by atoms with Gasteiger partial charge in [-0.3, -0.25) is 10.1 Å². The van der Waals surface area contributed by atoms with Crippen molar-refractivity contribution >= 4 is 46.7 Å². The maximum absolute atomic E-state index is 15.6. The van der Waals surface area contributed by atoms with Crippen LogP contribution in [0.25, 0.3) is 16.9 Å². The van der Waals surface area contributed by atoms with Gasteiger partial charge in [-0.05, 0) is 99.0 Å². The molecule has 0 saturated carbocycles. The Morgan fingerprint density at radius 3 is 2.31 bits per heavy atom. The molecule has 0 fully saturated rings. The van der Waals surface area contributed by atoms with E-state index >= 15 is 8.78 Å². The minimum Gasteiger partial charge on any atom is -0.480 e. The van der Waals surface area contributed by atoms with Crippen molar-refractivity contribution in [3.8, 4) is 11.1 Å². The molecular weight excluding hydrogens is 680 g/mol. The SMILES string of the molecule is CC1CC=C(c2ccc(NC(=O)OC(C)(C)C)cc2)ON=C1c1ccc(CC(NC(=O)c2cccc(-c3ccc(Cl)cc3)c2F)C(=O)O)cc1F. The molecule has 4 aromatic rings. The zero-order valence-electron chi connectivity index (χ0n) is 28.3. The fourth-order valence-electron chi connectivity index (χ4n) is 5.37. The Hall–Kier alpha value is -5.55. The average Bonchev–Trinajstić information content (AvgIpc) is 3.26. The third-order valence-corrected chi connectivity index (χ3v) is 8.18. The van der Waals surface area contributed by atoms with Crippen molar-refractivity contribution in [1.82, 2.24) is 5.32 Å². The normalized spacial score (nSPS) is 15.0. The van der Waals surface area contributed by atoms with E-state index in [4.69, 9.17) is 21.2 Å². The number of rotatable bonds is 9. The number of amides is 2. The Balaban J connectivity index is 1.26. The van der Waals surface area contributed by atoms with Gasteiger partial charge in [-0.15, -0.1) is 0 Å². The van der Waals surface area contributed by atoms with Gasteiger partial charge in [0.1, 0.15) is 23.3 Å². The van der Waals surface area contributed by atoms with Crippen LogP contribution in [-0.4, -0.2) is 40.4 Å². The van der Waals surface area contributed by atoms with Crippen LogP contribution in [0.4, 0.5) is 19.3 Å². The number of oxime groups is 1. The number of nitrogens with zero attached hydrogens (tertiary/aromatic N) is 1. The summed E-state index contributed by atoms with van der Waals surface area (Å²) in [4.78, 5) is 43.0. The molecule has 2 atom stereocenters. The van der Waals surface area contributed by atoms with E-state index in [-0.39, 0.29) is 29.0 Å². The number of carboxylic acid groups (broad SMARTS) is 1. The van der Waals surface area contributed by atoms with Crippen LogP contribution in [-0.2, 0) is 20.8 Å². The van der Waals surface area contributed by atoms with Crippen molar-refractivity contribution in [2.24, 2.45) is 11.1 Å². The fourth-order valence-corrected chi connectivity index (χ4v) is 5.50. The van der Waals surface area contributed by atoms with Crippen LogP contribution < -0.4 is 10.6 Å². The lowest BCUT2D eigenvalue weighted by Gasteiger charge is -2.19. The van der Waals surface area contributed by atoms with Crippen molar-refractivity contribution in [3.63, 3.8) is 0 Å². The zero-order chi connectivity index (χ0) is 36.9. The van der Waals surface area contributed by atoms with Gasteiger partial charge >= 0.3 is 12.1 Å². The third-order valence-electron chi connectivity index (χ3n) is 7.93. The number of aliphatic carboxylic acids is 1. The summed E-state index contributed by atoms with van der Waals surface area (Å²) in [6, 6.07) is 20.3. The van der Waals surface area contributed by atoms with E-state index < -0.39 is 41.2 Å². The van der Waals surface area contributed by atoms with E-state index in [0.29, 0.717) is 45.3 Å². The summed E-state index contributed by atoms with van der Waals surface area (Å²) in [6.07, 6.45) is 1.49. The standard InChI is InChI=1S/C39H36ClF2N3O6/c1-22-8-19-33(25-12-16-27(17-13-25)43-38(49)50-39(2,3)4)51-45-35(22)29-18-9-23(20-31(29)41)21-32(37(47)48)44-36(46)30-7-5-6-28(34(30)42)24-10-14-26(40)15-11-24/h5-7,9-20,22,32H,8,21H2,1-4H3,(H,43,49)(H,44,46)(H,47,48). The Kier molecular flexibility index (Phi) is 11.2. The van der Waals surface area contributed by atoms with Gasteiger partial charge in [0.15, 0.2) is 5.76 Å². The highest BCUT2D eigenvalue weighted by atomic mass is 35.5. The van der Waals surface area contributed by atoms with E-state index in [1.165, 1.54) is 30.3 Å². The van der Waals surface area contributed by atoms with E-state index in [2.05, 4.69) is 15.8 Å². The maximum Gasteiger partial charge on any atom is 0.412 e. The molecule has 264 valence electrons. The van der Waals surface area contributed by atoms with Crippen molar-refractivity contribution in [3.05, 3.63) is 130 Å². The van der Waals surface area contributed by atoms with Crippen LogP contribution in [0.3, 0.4) is 0 Å². The van der Waals surface area contributed by atoms with Gasteiger partial charge in [0.05, 0.1) is 11.3 Å². The van der Waals surface area contributed by atoms with E-state index in [0.717, 1.165) is 0 Å². The largest absolute Gasteiger partial charge is 0.480 e. The number of benzene rings is 4. The number of hydrogen-bond donors (Lipinski definition) is 3. The third kappa shape index (κ3) is 9.37. The molecular formula is C39H36ClF2N3O6. The van der Waals surface area contributed by atoms with Crippen LogP contribution in [0, 0.1) is 17.6 Å². The summed E-state index contributed by atoms with van der Waals surface area (Å²) in [5, 5.41) is 19.6. The number of hydrogen-bond acceptors (Lipinski definition) is 6. The molecule has 1 heterocycles. The van der Waals surface area contributed by atoms with Gasteiger partial charge in [0.2, 0.25) is 0 Å². The molecule has 12 heteroatoms. The summed E-state index contributed by atoms with van der Waals surface area (Å²) < 4.78 is 36.3. The minimum absolute atomic E-state index is 0.149. The molecule has 9 nitrogen and oxygen atoms in total. The fraction of sp³-hybridized carbons (Fsp3) is 0.231. The number of halogens is 3. The average molecular weight is 716 g/mol. The number of carbonyl (C=O) groups is 3. The van der Waals surface area contributed by atoms with Gasteiger partial charge in [0, 0.05) is 39.7 Å². The first-order chi connectivity index (χ1) is 24.2. The summed E-state index contributed by atoms with van der Waals surface area (Å²) >= 11 is 5.94. The van der Waals surface area contributed by atoms with Gasteiger partial charge in [-0.25, -0.2) is 18.4 Å². The van der Waals surface area contributed by atoms with Crippen LogP contribution in [0.15, 0.2) is 96.2 Å². The molecule has 1 aliphatic heterocycles. The molecule has 51 heavy (non-hydrogen) atoms. The van der Waals surface area contributed by atoms with E-state index in [1.807, 2.05) is 13.0 Å². The molecule has 0 radical (unpaired) electrons. The Labute approximate surface area is 298 Å². The first-order valence-corrected chi connectivity index (χ1v) is 16.5. The first-order valence-electron chi connectivity index (χ1n) is 16.1. The summed E-state index contributed by atoms with van der Waals surface area (Å²) in [6.45, 7) is 7.19. The number of nitrogens with one attached hydrogen (secondary N) is 2. The summed E-state index contributed by atoms with van der Waals surface area (Å²) in [5.74, 6) is -3.55. The number of allylic oxidation sites excluding steroid dienone is 1. The number of anilines is 1. The van der Waals surface area contributed by atoms with E-state index in [1.54, 1.807) is 75.4 Å². The molecule has 1 aliphatic rings. The Morgan fingerprint density at radius 1 is 0.980 bits per heavy atom. The number of ether oxygens (including phenoxy) is 1. The predicted molar refractivity (Wildman–Crippen MR) is 192 cm³/mol. The van der Waals surface area contributed by atoms with Crippen LogP contribution >= 0.6 is 11.6 Å². The monoisotopic (exact) mass is 715 g/mol. The molecule has 0 spiro atoms. The smallest absolute Gasteiger partial charge is 0.412 e. The minimum atomic E-state index is -1.48. The van der Waals surface area contributed by atoms with Crippen LogP contribution in [0.1, 0.15) is 61.2 Å². The van der Waals surface area contributed by atoms with Crippen molar-refractivity contribution in [2.45, 2.75) is 52.2 Å². The molecule has 0 bridgehead atoms. The number of carbonyl (C=O) groups excluding carboxylic acids is 2. The lowest BCUT2D eigenvalue weighted by atomic mass is 9.93. The Bertz CT molecular complexity index is 2010. The molecule has 4 aromatic carbocycles. The highest BCUT2D eigenvalue weighted by Crippen LogP contribution is 2.29. The first kappa shape index (κ1) is 36.7. The molecule has 2 amide bonds. The van der Waals surface area contributed by atoms with Crippen molar-refractivity contribution in [1.29, 1.82) is 0 Å². The topological polar surface area (TPSA) is 126 Å². The highest BCUT2D eigenvalue weighted by molar-refractivity contribution is 6.30. The maximum atomic E-state index is 15.6. The Morgan fingerprint density at radius 2 is 1.67 bits per heavy atom. The molecule has 0 saturated heterocycles. The lowest BCUT2D eigenvalue weighted by molar-refractivity contribution is -0.139. The van der Waals surface area contributed by atoms with Gasteiger partial charge in [-0.1, -0.05) is 54.0 Å². The molecule has 3 N–H and O–H groups in total. The van der Waals surface area contributed by atoms with Gasteiger partial charge < -0.3 is 20.0 Å². The zero-order valence-corrected chi connectivity index (χ0v) is 29.1. The van der Waals surface area contributed by atoms with E-state index in [9.17, 15) is 19.5 Å². The predicted octanol–water partition coefficient (Wildman–Crippen LogP) is 8.86. The molecule has 0 aliphatic carbocycles. The summed E-state index contributed by atoms with van der Waals surface area (Å²) in [5.41, 5.74) is 1.71. The van der Waals surface area contributed by atoms with Gasteiger partial charge in [-0.2, -0.15) is 0 Å². The van der Waals surface area contributed by atoms with Crippen molar-refractivity contribution < 1.29 is 37.8 Å². The summed E-state index contributed by atoms with van der Waals surface area (Å²) in [7, 11) is 0. The van der Waals surface area contributed by atoms with Crippen molar-refractivity contribution in [2.75, 3.05) is 5.32 Å². The molecule has 2 unspecified atom stereocenters.